The lowest BCUT2D eigenvalue weighted by molar-refractivity contribution is -0.140. The summed E-state index contributed by atoms with van der Waals surface area (Å²) in [6.07, 6.45) is 0.230. The predicted molar refractivity (Wildman–Crippen MR) is 106 cm³/mol. The zero-order valence-corrected chi connectivity index (χ0v) is 15.8. The fourth-order valence-corrected chi connectivity index (χ4v) is 4.90. The average Bonchev–Trinajstić information content (AvgIpc) is 3.44. The minimum atomic E-state index is -3.97. The Kier molecular flexibility index (Phi) is 4.53. The van der Waals surface area contributed by atoms with Crippen molar-refractivity contribution in [2.45, 2.75) is 22.8 Å². The fraction of sp³-hybridized carbons (Fsp3) is 0.136. The van der Waals surface area contributed by atoms with Gasteiger partial charge in [0.15, 0.2) is 0 Å². The lowest BCUT2D eigenvalue weighted by Gasteiger charge is -2.16. The number of aliphatic carboxylic acids is 1. The number of benzene rings is 3. The maximum Gasteiger partial charge on any atom is 0.325 e. The second-order valence-electron chi connectivity index (χ2n) is 6.94. The molecule has 1 fully saturated rings. The van der Waals surface area contributed by atoms with Crippen molar-refractivity contribution in [1.82, 2.24) is 4.72 Å². The van der Waals surface area contributed by atoms with E-state index in [1.165, 1.54) is 12.1 Å². The Morgan fingerprint density at radius 2 is 1.39 bits per heavy atom. The Morgan fingerprint density at radius 1 is 0.857 bits per heavy atom. The first-order chi connectivity index (χ1) is 13.4. The molecular weight excluding hydrogens is 374 g/mol. The van der Waals surface area contributed by atoms with E-state index in [4.69, 9.17) is 0 Å². The van der Waals surface area contributed by atoms with E-state index in [1.54, 1.807) is 12.1 Å². The molecule has 3 aromatic rings. The number of carboxylic acids is 1. The summed E-state index contributed by atoms with van der Waals surface area (Å²) in [4.78, 5) is 11.9. The Hall–Kier alpha value is -2.96. The number of nitrogens with one attached hydrogen (secondary N) is 1. The van der Waals surface area contributed by atoms with E-state index in [0.717, 1.165) is 16.7 Å². The van der Waals surface area contributed by atoms with Gasteiger partial charge in [0.05, 0.1) is 4.90 Å². The van der Waals surface area contributed by atoms with E-state index < -0.39 is 21.5 Å². The number of carbonyl (C=O) groups is 1. The molecule has 0 aromatic heterocycles. The van der Waals surface area contributed by atoms with Crippen LogP contribution >= 0.6 is 0 Å². The lowest BCUT2D eigenvalue weighted by Crippen LogP contribution is -2.44. The molecule has 1 aliphatic rings. The fourth-order valence-electron chi connectivity index (χ4n) is 3.50. The van der Waals surface area contributed by atoms with Crippen molar-refractivity contribution < 1.29 is 18.3 Å². The van der Waals surface area contributed by atoms with Crippen LogP contribution in [-0.2, 0) is 14.8 Å². The SMILES string of the molecule is O=C(O)[C@@]1(NS(=O)(=O)c2ccc(-c3ccccc3)cc2)C[C@H]1c1ccccc1. The first-order valence-corrected chi connectivity index (χ1v) is 10.4. The second-order valence-corrected chi connectivity index (χ2v) is 8.62. The number of hydrogen-bond donors (Lipinski definition) is 2. The predicted octanol–water partition coefficient (Wildman–Crippen LogP) is 3.64. The maximum absolute atomic E-state index is 12.8. The van der Waals surface area contributed by atoms with E-state index >= 15 is 0 Å². The third-order valence-corrected chi connectivity index (χ3v) is 6.66. The molecule has 1 aliphatic carbocycles. The van der Waals surface area contributed by atoms with E-state index in [-0.39, 0.29) is 17.2 Å². The standard InChI is InChI=1S/C22H19NO4S/c24-21(25)22(15-20(22)18-9-5-2-6-10-18)23-28(26,27)19-13-11-17(12-14-19)16-7-3-1-4-8-16/h1-14,20,23H,15H2,(H,24,25)/t20-,22+/m0/s1. The summed E-state index contributed by atoms with van der Waals surface area (Å²) in [6, 6.07) is 25.2. The van der Waals surface area contributed by atoms with Crippen LogP contribution in [0.1, 0.15) is 17.9 Å². The van der Waals surface area contributed by atoms with Crippen LogP contribution < -0.4 is 4.72 Å². The monoisotopic (exact) mass is 393 g/mol. The molecule has 3 aromatic carbocycles. The molecule has 0 radical (unpaired) electrons. The van der Waals surface area contributed by atoms with Gasteiger partial charge in [-0.25, -0.2) is 8.42 Å². The molecular formula is C22H19NO4S. The number of hydrogen-bond acceptors (Lipinski definition) is 3. The minimum Gasteiger partial charge on any atom is -0.480 e. The van der Waals surface area contributed by atoms with Gasteiger partial charge >= 0.3 is 5.97 Å². The summed E-state index contributed by atoms with van der Waals surface area (Å²) < 4.78 is 28.1. The normalized spacial score (nSPS) is 21.2. The first-order valence-electron chi connectivity index (χ1n) is 8.90. The Morgan fingerprint density at radius 3 is 1.96 bits per heavy atom. The molecule has 4 rings (SSSR count). The van der Waals surface area contributed by atoms with Crippen LogP contribution in [0, 0.1) is 0 Å². The molecule has 0 saturated heterocycles. The largest absolute Gasteiger partial charge is 0.480 e. The molecule has 1 saturated carbocycles. The van der Waals surface area contributed by atoms with Crippen molar-refractivity contribution in [3.8, 4) is 11.1 Å². The summed E-state index contributed by atoms with van der Waals surface area (Å²) in [5, 5.41) is 9.71. The van der Waals surface area contributed by atoms with Gasteiger partial charge in [-0.2, -0.15) is 4.72 Å². The van der Waals surface area contributed by atoms with E-state index in [0.29, 0.717) is 0 Å². The van der Waals surface area contributed by atoms with Gasteiger partial charge in [0.25, 0.3) is 0 Å². The van der Waals surface area contributed by atoms with E-state index in [2.05, 4.69) is 4.72 Å². The van der Waals surface area contributed by atoms with Crippen molar-refractivity contribution in [2.24, 2.45) is 0 Å². The van der Waals surface area contributed by atoms with Crippen LogP contribution in [0.15, 0.2) is 89.8 Å². The third-order valence-electron chi connectivity index (χ3n) is 5.13. The highest BCUT2D eigenvalue weighted by molar-refractivity contribution is 7.89. The topological polar surface area (TPSA) is 83.5 Å². The van der Waals surface area contributed by atoms with Gasteiger partial charge in [-0.15, -0.1) is 0 Å². The van der Waals surface area contributed by atoms with Crippen molar-refractivity contribution in [3.05, 3.63) is 90.5 Å². The molecule has 2 atom stereocenters. The third kappa shape index (κ3) is 3.32. The van der Waals surface area contributed by atoms with Crippen molar-refractivity contribution >= 4 is 16.0 Å². The van der Waals surface area contributed by atoms with Crippen molar-refractivity contribution in [2.75, 3.05) is 0 Å². The van der Waals surface area contributed by atoms with Crippen LogP contribution in [-0.4, -0.2) is 25.0 Å². The van der Waals surface area contributed by atoms with Crippen LogP contribution in [0.5, 0.6) is 0 Å². The average molecular weight is 393 g/mol. The summed E-state index contributed by atoms with van der Waals surface area (Å²) in [5.74, 6) is -1.55. The molecule has 28 heavy (non-hydrogen) atoms. The second kappa shape index (κ2) is 6.89. The smallest absolute Gasteiger partial charge is 0.325 e. The van der Waals surface area contributed by atoms with Gasteiger partial charge in [-0.05, 0) is 35.2 Å². The van der Waals surface area contributed by atoms with Gasteiger partial charge in [0.2, 0.25) is 10.0 Å². The van der Waals surface area contributed by atoms with Gasteiger partial charge < -0.3 is 5.11 Å². The molecule has 6 heteroatoms. The highest BCUT2D eigenvalue weighted by atomic mass is 32.2. The molecule has 0 heterocycles. The summed E-state index contributed by atoms with van der Waals surface area (Å²) >= 11 is 0. The van der Waals surface area contributed by atoms with Crippen molar-refractivity contribution in [3.63, 3.8) is 0 Å². The van der Waals surface area contributed by atoms with Crippen molar-refractivity contribution in [1.29, 1.82) is 0 Å². The number of sulfonamides is 1. The zero-order chi connectivity index (χ0) is 19.8. The molecule has 0 unspecified atom stereocenters. The highest BCUT2D eigenvalue weighted by Gasteiger charge is 2.63. The summed E-state index contributed by atoms with van der Waals surface area (Å²) in [5.41, 5.74) is 1.18. The van der Waals surface area contributed by atoms with Crippen LogP contribution in [0.2, 0.25) is 0 Å². The summed E-state index contributed by atoms with van der Waals surface area (Å²) in [7, 11) is -3.97. The lowest BCUT2D eigenvalue weighted by atomic mass is 10.1. The van der Waals surface area contributed by atoms with Gasteiger partial charge in [-0.1, -0.05) is 72.8 Å². The minimum absolute atomic E-state index is 0.0477. The van der Waals surface area contributed by atoms with Gasteiger partial charge in [0, 0.05) is 5.92 Å². The zero-order valence-electron chi connectivity index (χ0n) is 14.9. The molecule has 0 bridgehead atoms. The number of rotatable bonds is 6. The maximum atomic E-state index is 12.8. The Labute approximate surface area is 163 Å². The highest BCUT2D eigenvalue weighted by Crippen LogP contribution is 2.52. The van der Waals surface area contributed by atoms with E-state index in [9.17, 15) is 18.3 Å². The quantitative estimate of drug-likeness (QED) is 0.670. The van der Waals surface area contributed by atoms with Crippen LogP contribution in [0.3, 0.4) is 0 Å². The Bertz CT molecular complexity index is 1100. The number of carboxylic acid groups (broad SMARTS) is 1. The molecule has 5 nitrogen and oxygen atoms in total. The molecule has 0 spiro atoms. The van der Waals surface area contributed by atoms with E-state index in [1.807, 2.05) is 60.7 Å². The first kappa shape index (κ1) is 18.4. The van der Waals surface area contributed by atoms with Gasteiger partial charge in [0.1, 0.15) is 5.54 Å². The summed E-state index contributed by atoms with van der Waals surface area (Å²) in [6.45, 7) is 0. The Balaban J connectivity index is 1.59. The molecule has 142 valence electrons. The van der Waals surface area contributed by atoms with Gasteiger partial charge in [-0.3, -0.25) is 4.79 Å². The molecule has 0 amide bonds. The van der Waals surface area contributed by atoms with Crippen LogP contribution in [0.4, 0.5) is 0 Å². The molecule has 2 N–H and O–H groups in total. The van der Waals surface area contributed by atoms with Crippen LogP contribution in [0.25, 0.3) is 11.1 Å². The molecule has 0 aliphatic heterocycles.